The van der Waals surface area contributed by atoms with E-state index in [-0.39, 0.29) is 23.7 Å². The molecule has 0 aliphatic carbocycles. The molecule has 0 radical (unpaired) electrons. The Morgan fingerprint density at radius 1 is 1.38 bits per heavy atom. The fourth-order valence-electron chi connectivity index (χ4n) is 1.65. The summed E-state index contributed by atoms with van der Waals surface area (Å²) < 4.78 is 6.35. The molecule has 1 rings (SSSR count). The van der Waals surface area contributed by atoms with Gasteiger partial charge in [-0.2, -0.15) is 0 Å². The van der Waals surface area contributed by atoms with Gasteiger partial charge >= 0.3 is 12.1 Å². The van der Waals surface area contributed by atoms with Gasteiger partial charge in [-0.25, -0.2) is 9.59 Å². The summed E-state index contributed by atoms with van der Waals surface area (Å²) in [4.78, 5) is 34.2. The van der Waals surface area contributed by atoms with Crippen LogP contribution in [0.3, 0.4) is 0 Å². The normalized spacial score (nSPS) is 12.6. The Hall–Kier alpha value is -2.31. The Balaban J connectivity index is 2.73. The molecule has 0 aromatic carbocycles. The van der Waals surface area contributed by atoms with E-state index in [1.807, 2.05) is 0 Å². The molecule has 0 saturated heterocycles. The van der Waals surface area contributed by atoms with Gasteiger partial charge in [0.1, 0.15) is 5.60 Å². The molecule has 0 spiro atoms. The van der Waals surface area contributed by atoms with Gasteiger partial charge in [-0.15, -0.1) is 0 Å². The lowest BCUT2D eigenvalue weighted by atomic mass is 10.2. The third-order valence-electron chi connectivity index (χ3n) is 2.46. The molecule has 1 atom stereocenters. The molecule has 116 valence electrons. The third-order valence-corrected chi connectivity index (χ3v) is 2.46. The Labute approximate surface area is 122 Å². The van der Waals surface area contributed by atoms with Crippen LogP contribution >= 0.6 is 0 Å². The minimum atomic E-state index is -1.11. The number of amides is 1. The van der Waals surface area contributed by atoms with E-state index >= 15 is 0 Å². The zero-order valence-corrected chi connectivity index (χ0v) is 12.5. The van der Waals surface area contributed by atoms with Crippen LogP contribution in [0.1, 0.15) is 38.1 Å². The van der Waals surface area contributed by atoms with Crippen molar-refractivity contribution in [2.45, 2.75) is 45.9 Å². The van der Waals surface area contributed by atoms with E-state index < -0.39 is 17.7 Å². The molecule has 0 fully saturated rings. The summed E-state index contributed by atoms with van der Waals surface area (Å²) in [5.41, 5.74) is -0.930. The van der Waals surface area contributed by atoms with Gasteiger partial charge in [-0.3, -0.25) is 4.79 Å². The summed E-state index contributed by atoms with van der Waals surface area (Å²) in [6, 6.07) is 2.04. The zero-order valence-electron chi connectivity index (χ0n) is 12.5. The first-order valence-electron chi connectivity index (χ1n) is 6.52. The summed E-state index contributed by atoms with van der Waals surface area (Å²) in [5, 5.41) is 11.5. The molecular weight excluding hydrogens is 276 g/mol. The van der Waals surface area contributed by atoms with E-state index in [2.05, 4.69) is 5.32 Å². The number of carbonyl (C=O) groups is 2. The molecule has 0 unspecified atom stereocenters. The van der Waals surface area contributed by atoms with Gasteiger partial charge < -0.3 is 19.7 Å². The van der Waals surface area contributed by atoms with Crippen molar-refractivity contribution < 1.29 is 19.4 Å². The van der Waals surface area contributed by atoms with Crippen LogP contribution in [-0.2, 0) is 11.3 Å². The fraction of sp³-hybridized carbons (Fsp3) is 0.500. The molecular formula is C14H20N2O5. The molecule has 1 amide bonds. The molecule has 0 bridgehead atoms. The van der Waals surface area contributed by atoms with Gasteiger partial charge in [-0.05, 0) is 33.8 Å². The highest BCUT2D eigenvalue weighted by Gasteiger charge is 2.18. The molecule has 0 aliphatic rings. The number of rotatable bonds is 4. The Bertz CT molecular complexity index is 586. The number of nitrogens with one attached hydrogen (secondary N) is 1. The largest absolute Gasteiger partial charge is 0.478 e. The van der Waals surface area contributed by atoms with Crippen molar-refractivity contribution in [1.29, 1.82) is 0 Å². The van der Waals surface area contributed by atoms with Crippen LogP contribution in [-0.4, -0.2) is 33.4 Å². The fourth-order valence-corrected chi connectivity index (χ4v) is 1.65. The number of aromatic carboxylic acids is 1. The van der Waals surface area contributed by atoms with Crippen molar-refractivity contribution in [3.05, 3.63) is 34.2 Å². The maximum absolute atomic E-state index is 11.7. The van der Waals surface area contributed by atoms with E-state index in [0.717, 1.165) is 0 Å². The second kappa shape index (κ2) is 6.43. The van der Waals surface area contributed by atoms with Crippen LogP contribution in [0, 0.1) is 0 Å². The van der Waals surface area contributed by atoms with Crippen LogP contribution < -0.4 is 10.9 Å². The van der Waals surface area contributed by atoms with Gasteiger partial charge in [0.25, 0.3) is 5.56 Å². The summed E-state index contributed by atoms with van der Waals surface area (Å²) in [7, 11) is 0. The Morgan fingerprint density at radius 2 is 2.00 bits per heavy atom. The first-order chi connectivity index (χ1) is 9.58. The number of pyridine rings is 1. The van der Waals surface area contributed by atoms with E-state index in [4.69, 9.17) is 9.84 Å². The second-order valence-corrected chi connectivity index (χ2v) is 5.76. The zero-order chi connectivity index (χ0) is 16.2. The summed E-state index contributed by atoms with van der Waals surface area (Å²) in [6.45, 7) is 7.09. The number of hydrogen-bond acceptors (Lipinski definition) is 4. The minimum Gasteiger partial charge on any atom is -0.478 e. The monoisotopic (exact) mass is 296 g/mol. The van der Waals surface area contributed by atoms with E-state index in [9.17, 15) is 14.4 Å². The predicted octanol–water partition coefficient (Wildman–Crippen LogP) is 1.46. The topological polar surface area (TPSA) is 97.6 Å². The first-order valence-corrected chi connectivity index (χ1v) is 6.52. The summed E-state index contributed by atoms with van der Waals surface area (Å²) in [5.74, 6) is -1.11. The molecule has 1 aromatic rings. The Kier molecular flexibility index (Phi) is 5.12. The number of nitrogens with zero attached hydrogens (tertiary/aromatic N) is 1. The van der Waals surface area contributed by atoms with Crippen molar-refractivity contribution in [2.75, 3.05) is 0 Å². The van der Waals surface area contributed by atoms with Crippen molar-refractivity contribution in [2.24, 2.45) is 0 Å². The highest BCUT2D eigenvalue weighted by Crippen LogP contribution is 2.07. The molecule has 1 aromatic heterocycles. The maximum Gasteiger partial charge on any atom is 0.407 e. The van der Waals surface area contributed by atoms with Gasteiger partial charge in [0, 0.05) is 24.8 Å². The van der Waals surface area contributed by atoms with E-state index in [1.165, 1.54) is 22.9 Å². The number of carbonyl (C=O) groups excluding carboxylic acids is 1. The molecule has 2 N–H and O–H groups in total. The molecule has 7 heteroatoms. The van der Waals surface area contributed by atoms with Crippen molar-refractivity contribution in [3.63, 3.8) is 0 Å². The van der Waals surface area contributed by atoms with Crippen molar-refractivity contribution in [1.82, 2.24) is 9.88 Å². The van der Waals surface area contributed by atoms with E-state index in [1.54, 1.807) is 27.7 Å². The minimum absolute atomic E-state index is 0.0130. The van der Waals surface area contributed by atoms with Gasteiger partial charge in [0.2, 0.25) is 0 Å². The highest BCUT2D eigenvalue weighted by atomic mass is 16.6. The SMILES string of the molecule is C[C@@H](Cn1cc(C(=O)O)ccc1=O)NC(=O)OC(C)(C)C. The number of hydrogen-bond donors (Lipinski definition) is 2. The van der Waals surface area contributed by atoms with Crippen LogP contribution in [0.15, 0.2) is 23.1 Å². The van der Waals surface area contributed by atoms with Crippen LogP contribution in [0.25, 0.3) is 0 Å². The lowest BCUT2D eigenvalue weighted by molar-refractivity contribution is 0.0503. The van der Waals surface area contributed by atoms with Crippen molar-refractivity contribution >= 4 is 12.1 Å². The summed E-state index contributed by atoms with van der Waals surface area (Å²) in [6.07, 6.45) is 0.662. The number of carboxylic acid groups (broad SMARTS) is 1. The quantitative estimate of drug-likeness (QED) is 0.876. The number of carboxylic acids is 1. The van der Waals surface area contributed by atoms with Gasteiger partial charge in [0.15, 0.2) is 0 Å². The number of ether oxygens (including phenoxy) is 1. The maximum atomic E-state index is 11.7. The standard InChI is InChI=1S/C14H20N2O5/c1-9(15-13(20)21-14(2,3)4)7-16-8-10(12(18)19)5-6-11(16)17/h5-6,8-9H,7H2,1-4H3,(H,15,20)(H,18,19)/t9-/m0/s1. The summed E-state index contributed by atoms with van der Waals surface area (Å²) >= 11 is 0. The van der Waals surface area contributed by atoms with Crippen LogP contribution in [0.4, 0.5) is 4.79 Å². The van der Waals surface area contributed by atoms with Crippen molar-refractivity contribution in [3.8, 4) is 0 Å². The average molecular weight is 296 g/mol. The number of aromatic nitrogens is 1. The van der Waals surface area contributed by atoms with Crippen LogP contribution in [0.2, 0.25) is 0 Å². The van der Waals surface area contributed by atoms with Gasteiger partial charge in [-0.1, -0.05) is 0 Å². The lowest BCUT2D eigenvalue weighted by Crippen LogP contribution is -2.41. The first kappa shape index (κ1) is 16.7. The second-order valence-electron chi connectivity index (χ2n) is 5.76. The smallest absolute Gasteiger partial charge is 0.407 e. The molecule has 7 nitrogen and oxygen atoms in total. The number of alkyl carbamates (subject to hydrolysis) is 1. The van der Waals surface area contributed by atoms with E-state index in [0.29, 0.717) is 0 Å². The molecule has 0 saturated carbocycles. The highest BCUT2D eigenvalue weighted by molar-refractivity contribution is 5.87. The third kappa shape index (κ3) is 5.68. The molecule has 1 heterocycles. The molecule has 0 aliphatic heterocycles. The Morgan fingerprint density at radius 3 is 2.52 bits per heavy atom. The predicted molar refractivity (Wildman–Crippen MR) is 76.5 cm³/mol. The molecule has 21 heavy (non-hydrogen) atoms. The van der Waals surface area contributed by atoms with Gasteiger partial charge in [0.05, 0.1) is 5.56 Å². The average Bonchev–Trinajstić information content (AvgIpc) is 2.28. The van der Waals surface area contributed by atoms with Crippen LogP contribution in [0.5, 0.6) is 0 Å². The lowest BCUT2D eigenvalue weighted by Gasteiger charge is -2.22.